The van der Waals surface area contributed by atoms with E-state index in [0.29, 0.717) is 12.3 Å². The van der Waals surface area contributed by atoms with Gasteiger partial charge < -0.3 is 15.4 Å². The number of benzene rings is 2. The Morgan fingerprint density at radius 2 is 1.88 bits per heavy atom. The van der Waals surface area contributed by atoms with E-state index < -0.39 is 5.41 Å². The van der Waals surface area contributed by atoms with E-state index in [4.69, 9.17) is 4.74 Å². The fourth-order valence-corrected chi connectivity index (χ4v) is 2.91. The summed E-state index contributed by atoms with van der Waals surface area (Å²) in [7, 11) is 0. The van der Waals surface area contributed by atoms with Crippen LogP contribution in [-0.2, 0) is 21.4 Å². The number of ether oxygens (including phenoxy) is 1. The van der Waals surface area contributed by atoms with E-state index in [9.17, 15) is 9.59 Å². The molecule has 5 heteroatoms. The van der Waals surface area contributed by atoms with E-state index in [2.05, 4.69) is 10.6 Å². The molecule has 0 fully saturated rings. The highest BCUT2D eigenvalue weighted by Gasteiger charge is 2.38. The zero-order valence-corrected chi connectivity index (χ0v) is 14.7. The smallest absolute Gasteiger partial charge is 0.234 e. The molecule has 2 aromatic rings. The highest BCUT2D eigenvalue weighted by Crippen LogP contribution is 2.38. The van der Waals surface area contributed by atoms with Gasteiger partial charge in [-0.1, -0.05) is 12.1 Å². The summed E-state index contributed by atoms with van der Waals surface area (Å²) in [5, 5.41) is 5.76. The number of hydrogen-bond donors (Lipinski definition) is 2. The molecule has 2 N–H and O–H groups in total. The van der Waals surface area contributed by atoms with Crippen LogP contribution in [0.25, 0.3) is 0 Å². The molecule has 0 saturated heterocycles. The first kappa shape index (κ1) is 17.0. The zero-order chi connectivity index (χ0) is 18.0. The maximum Gasteiger partial charge on any atom is 0.234 e. The molecule has 0 spiro atoms. The Balaban J connectivity index is 1.68. The Labute approximate surface area is 147 Å². The van der Waals surface area contributed by atoms with E-state index in [1.807, 2.05) is 57.2 Å². The van der Waals surface area contributed by atoms with Crippen LogP contribution in [0.4, 0.5) is 11.4 Å². The highest BCUT2D eigenvalue weighted by molar-refractivity contribution is 6.06. The van der Waals surface area contributed by atoms with E-state index >= 15 is 0 Å². The molecular formula is C20H22N2O3. The number of amides is 2. The van der Waals surface area contributed by atoms with Crippen LogP contribution in [-0.4, -0.2) is 18.4 Å². The van der Waals surface area contributed by atoms with Gasteiger partial charge in [0.25, 0.3) is 0 Å². The van der Waals surface area contributed by atoms with Crippen LogP contribution in [0.1, 0.15) is 31.9 Å². The van der Waals surface area contributed by atoms with E-state index in [-0.39, 0.29) is 18.2 Å². The topological polar surface area (TPSA) is 67.4 Å². The van der Waals surface area contributed by atoms with Crippen molar-refractivity contribution in [1.29, 1.82) is 0 Å². The monoisotopic (exact) mass is 338 g/mol. The van der Waals surface area contributed by atoms with Gasteiger partial charge in [-0.25, -0.2) is 0 Å². The summed E-state index contributed by atoms with van der Waals surface area (Å²) < 4.78 is 5.40. The Morgan fingerprint density at radius 1 is 1.16 bits per heavy atom. The van der Waals surface area contributed by atoms with Gasteiger partial charge in [0.05, 0.1) is 18.4 Å². The van der Waals surface area contributed by atoms with Gasteiger partial charge in [0, 0.05) is 11.4 Å². The molecule has 0 bridgehead atoms. The third kappa shape index (κ3) is 3.50. The summed E-state index contributed by atoms with van der Waals surface area (Å²) in [6.45, 7) is 6.30. The fourth-order valence-electron chi connectivity index (χ4n) is 2.91. The van der Waals surface area contributed by atoms with Crippen LogP contribution < -0.4 is 15.4 Å². The molecule has 25 heavy (non-hydrogen) atoms. The maximum absolute atomic E-state index is 12.3. The first-order valence-corrected chi connectivity index (χ1v) is 8.37. The largest absolute Gasteiger partial charge is 0.494 e. The third-order valence-electron chi connectivity index (χ3n) is 4.39. The molecule has 2 aromatic carbocycles. The van der Waals surface area contributed by atoms with Gasteiger partial charge in [-0.3, -0.25) is 9.59 Å². The molecular weight excluding hydrogens is 316 g/mol. The third-order valence-corrected chi connectivity index (χ3v) is 4.39. The number of rotatable bonds is 5. The molecule has 0 unspecified atom stereocenters. The molecule has 0 radical (unpaired) electrons. The van der Waals surface area contributed by atoms with Crippen molar-refractivity contribution in [2.45, 2.75) is 32.6 Å². The second kappa shape index (κ2) is 6.59. The Kier molecular flexibility index (Phi) is 4.49. The summed E-state index contributed by atoms with van der Waals surface area (Å²) in [5.41, 5.74) is 2.72. The van der Waals surface area contributed by atoms with Crippen LogP contribution in [0.3, 0.4) is 0 Å². The summed E-state index contributed by atoms with van der Waals surface area (Å²) in [6, 6.07) is 13.0. The molecule has 1 aliphatic rings. The lowest BCUT2D eigenvalue weighted by Crippen LogP contribution is -2.27. The van der Waals surface area contributed by atoms with Crippen molar-refractivity contribution in [3.8, 4) is 5.75 Å². The van der Waals surface area contributed by atoms with Gasteiger partial charge in [0.2, 0.25) is 11.8 Å². The molecule has 1 heterocycles. The Hall–Kier alpha value is -2.82. The lowest BCUT2D eigenvalue weighted by Gasteiger charge is -2.16. The van der Waals surface area contributed by atoms with Gasteiger partial charge in [-0.15, -0.1) is 0 Å². The van der Waals surface area contributed by atoms with Gasteiger partial charge in [0.15, 0.2) is 0 Å². The van der Waals surface area contributed by atoms with Crippen molar-refractivity contribution in [2.75, 3.05) is 17.2 Å². The molecule has 130 valence electrons. The minimum Gasteiger partial charge on any atom is -0.494 e. The van der Waals surface area contributed by atoms with Crippen LogP contribution in [0.2, 0.25) is 0 Å². The summed E-state index contributed by atoms with van der Waals surface area (Å²) >= 11 is 0. The summed E-state index contributed by atoms with van der Waals surface area (Å²) in [6.07, 6.45) is 0.282. The van der Waals surface area contributed by atoms with Crippen molar-refractivity contribution in [1.82, 2.24) is 0 Å². The number of anilines is 2. The minimum absolute atomic E-state index is 0.0274. The first-order valence-electron chi connectivity index (χ1n) is 8.37. The second-order valence-electron chi connectivity index (χ2n) is 6.64. The molecule has 2 amide bonds. The standard InChI is InChI=1S/C20H22N2O3/c1-4-25-15-8-5-13(6-9-15)11-18(23)21-14-7-10-17-16(12-14)20(2,3)19(24)22-17/h5-10,12H,4,11H2,1-3H3,(H,21,23)(H,22,24). The molecule has 5 nitrogen and oxygen atoms in total. The molecule has 0 aromatic heterocycles. The fraction of sp³-hybridized carbons (Fsp3) is 0.300. The molecule has 0 atom stereocenters. The summed E-state index contributed by atoms with van der Waals surface area (Å²) in [5.74, 6) is 0.671. The lowest BCUT2D eigenvalue weighted by molar-refractivity contribution is -0.119. The van der Waals surface area contributed by atoms with Crippen molar-refractivity contribution >= 4 is 23.2 Å². The average Bonchev–Trinajstić information content (AvgIpc) is 2.79. The number of fused-ring (bicyclic) bond motifs is 1. The predicted molar refractivity (Wildman–Crippen MR) is 98.0 cm³/mol. The SMILES string of the molecule is CCOc1ccc(CC(=O)Nc2ccc3c(c2)C(C)(C)C(=O)N3)cc1. The van der Waals surface area contributed by atoms with Crippen LogP contribution in [0.5, 0.6) is 5.75 Å². The van der Waals surface area contributed by atoms with Crippen molar-refractivity contribution < 1.29 is 14.3 Å². The van der Waals surface area contributed by atoms with Crippen molar-refractivity contribution in [3.05, 3.63) is 53.6 Å². The van der Waals surface area contributed by atoms with Gasteiger partial charge >= 0.3 is 0 Å². The second-order valence-corrected chi connectivity index (χ2v) is 6.64. The Bertz CT molecular complexity index is 810. The van der Waals surface area contributed by atoms with Gasteiger partial charge in [-0.05, 0) is 62.2 Å². The van der Waals surface area contributed by atoms with Crippen LogP contribution in [0.15, 0.2) is 42.5 Å². The van der Waals surface area contributed by atoms with Crippen molar-refractivity contribution in [3.63, 3.8) is 0 Å². The van der Waals surface area contributed by atoms with E-state index in [1.165, 1.54) is 0 Å². The minimum atomic E-state index is -0.592. The number of carbonyl (C=O) groups is 2. The highest BCUT2D eigenvalue weighted by atomic mass is 16.5. The zero-order valence-electron chi connectivity index (χ0n) is 14.7. The number of carbonyl (C=O) groups excluding carboxylic acids is 2. The van der Waals surface area contributed by atoms with E-state index in [0.717, 1.165) is 22.6 Å². The van der Waals surface area contributed by atoms with Crippen LogP contribution in [0, 0.1) is 0 Å². The van der Waals surface area contributed by atoms with Crippen molar-refractivity contribution in [2.24, 2.45) is 0 Å². The molecule has 0 saturated carbocycles. The Morgan fingerprint density at radius 3 is 2.56 bits per heavy atom. The van der Waals surface area contributed by atoms with Crippen LogP contribution >= 0.6 is 0 Å². The first-order chi connectivity index (χ1) is 11.9. The molecule has 1 aliphatic heterocycles. The quantitative estimate of drug-likeness (QED) is 0.877. The maximum atomic E-state index is 12.3. The average molecular weight is 338 g/mol. The normalized spacial score (nSPS) is 14.6. The molecule has 3 rings (SSSR count). The lowest BCUT2D eigenvalue weighted by atomic mass is 9.86. The van der Waals surface area contributed by atoms with Gasteiger partial charge in [-0.2, -0.15) is 0 Å². The van der Waals surface area contributed by atoms with Gasteiger partial charge in [0.1, 0.15) is 5.75 Å². The molecule has 0 aliphatic carbocycles. The summed E-state index contributed by atoms with van der Waals surface area (Å²) in [4.78, 5) is 24.3. The predicted octanol–water partition coefficient (Wildman–Crippen LogP) is 3.50. The number of hydrogen-bond acceptors (Lipinski definition) is 3. The van der Waals surface area contributed by atoms with E-state index in [1.54, 1.807) is 6.07 Å². The number of nitrogens with one attached hydrogen (secondary N) is 2.